The Bertz CT molecular complexity index is 1550. The van der Waals surface area contributed by atoms with Gasteiger partial charge in [0, 0.05) is 38.1 Å². The number of aryl methyl sites for hydroxylation is 1. The Morgan fingerprint density at radius 1 is 1.12 bits per heavy atom. The van der Waals surface area contributed by atoms with Crippen molar-refractivity contribution in [1.29, 1.82) is 0 Å². The van der Waals surface area contributed by atoms with Gasteiger partial charge in [-0.15, -0.1) is 0 Å². The highest BCUT2D eigenvalue weighted by Gasteiger charge is 2.36. The number of amides is 1. The normalized spacial score (nSPS) is 11.4. The predicted octanol–water partition coefficient (Wildman–Crippen LogP) is 5.59. The molecular weight excluding hydrogens is 546 g/mol. The third-order valence-corrected chi connectivity index (χ3v) is 5.63. The zero-order valence-corrected chi connectivity index (χ0v) is 22.1. The number of methoxy groups -OCH3 is 1. The highest BCUT2D eigenvalue weighted by molar-refractivity contribution is 6.35. The molecule has 0 atom stereocenters. The average molecular weight is 572 g/mol. The molecule has 13 heteroatoms. The van der Waals surface area contributed by atoms with Crippen LogP contribution in [0.4, 0.5) is 23.4 Å². The zero-order chi connectivity index (χ0) is 30.2. The van der Waals surface area contributed by atoms with E-state index >= 15 is 0 Å². The van der Waals surface area contributed by atoms with E-state index in [-0.39, 0.29) is 29.6 Å². The quantitative estimate of drug-likeness (QED) is 0.0982. The molecule has 41 heavy (non-hydrogen) atoms. The van der Waals surface area contributed by atoms with E-state index in [4.69, 9.17) is 5.21 Å². The van der Waals surface area contributed by atoms with Crippen molar-refractivity contribution in [3.8, 4) is 22.4 Å². The molecule has 214 valence electrons. The topological polar surface area (TPSA) is 119 Å². The van der Waals surface area contributed by atoms with Gasteiger partial charge in [-0.1, -0.05) is 35.5 Å². The van der Waals surface area contributed by atoms with E-state index in [1.54, 1.807) is 37.4 Å². The summed E-state index contributed by atoms with van der Waals surface area (Å²) in [6.07, 6.45) is -3.26. The van der Waals surface area contributed by atoms with Gasteiger partial charge in [-0.05, 0) is 42.8 Å². The number of aromatic nitrogens is 3. The largest absolute Gasteiger partial charge is 0.417 e. The van der Waals surface area contributed by atoms with E-state index < -0.39 is 40.3 Å². The van der Waals surface area contributed by atoms with Gasteiger partial charge in [0.15, 0.2) is 12.0 Å². The maximum atomic E-state index is 14.9. The summed E-state index contributed by atoms with van der Waals surface area (Å²) >= 11 is 0. The van der Waals surface area contributed by atoms with E-state index in [2.05, 4.69) is 25.3 Å². The lowest BCUT2D eigenvalue weighted by Gasteiger charge is -2.15. The van der Waals surface area contributed by atoms with Crippen LogP contribution < -0.4 is 5.32 Å². The Hall–Kier alpha value is -4.91. The summed E-state index contributed by atoms with van der Waals surface area (Å²) in [5.41, 5.74) is -2.16. The molecule has 2 aromatic carbocycles. The number of nitrogens with zero attached hydrogens (tertiary/aromatic N) is 4. The second-order valence-corrected chi connectivity index (χ2v) is 8.34. The fraction of sp³-hybridized carbons (Fsp3) is 0.179. The van der Waals surface area contributed by atoms with Crippen LogP contribution in [-0.4, -0.2) is 51.6 Å². The van der Waals surface area contributed by atoms with Crippen molar-refractivity contribution < 1.29 is 37.1 Å². The molecule has 2 heterocycles. The molecule has 0 radical (unpaired) electrons. The number of rotatable bonds is 7. The van der Waals surface area contributed by atoms with Crippen LogP contribution in [0.15, 0.2) is 72.0 Å². The fourth-order valence-electron chi connectivity index (χ4n) is 3.61. The van der Waals surface area contributed by atoms with Crippen molar-refractivity contribution in [1.82, 2.24) is 14.8 Å². The van der Waals surface area contributed by atoms with E-state index in [9.17, 15) is 27.2 Å². The maximum Gasteiger partial charge on any atom is 0.417 e. The number of halogens is 4. The number of carbonyl (C=O) groups is 2. The molecule has 1 amide bonds. The summed E-state index contributed by atoms with van der Waals surface area (Å²) in [7, 11) is 3.18. The lowest BCUT2D eigenvalue weighted by atomic mass is 9.99. The molecule has 4 aromatic rings. The van der Waals surface area contributed by atoms with Gasteiger partial charge in [-0.25, -0.2) is 9.37 Å². The number of ether oxygens (including phenoxy) is 1. The summed E-state index contributed by atoms with van der Waals surface area (Å²) < 4.78 is 61.7. The van der Waals surface area contributed by atoms with Crippen LogP contribution in [0.5, 0.6) is 0 Å². The van der Waals surface area contributed by atoms with Gasteiger partial charge in [-0.2, -0.15) is 18.3 Å². The molecule has 0 unspecified atom stereocenters. The van der Waals surface area contributed by atoms with Crippen LogP contribution in [0.1, 0.15) is 28.5 Å². The molecule has 0 saturated carbocycles. The SMILES string of the molecule is CCOC.Cn1ccc(-c2cc(C(=O)Nc3nc(/C(C=O)=N/O)ccc3-c3ccccc3)c(F)cc2C(F)(F)F)n1. The van der Waals surface area contributed by atoms with Crippen LogP contribution in [0.2, 0.25) is 0 Å². The highest BCUT2D eigenvalue weighted by atomic mass is 19.4. The molecule has 0 saturated heterocycles. The van der Waals surface area contributed by atoms with Gasteiger partial charge in [-0.3, -0.25) is 14.3 Å². The maximum absolute atomic E-state index is 14.9. The van der Waals surface area contributed by atoms with Crippen molar-refractivity contribution in [3.05, 3.63) is 89.5 Å². The first-order chi connectivity index (χ1) is 19.5. The van der Waals surface area contributed by atoms with Crippen LogP contribution in [0.25, 0.3) is 22.4 Å². The molecule has 0 aliphatic heterocycles. The molecule has 0 aliphatic carbocycles. The zero-order valence-electron chi connectivity index (χ0n) is 22.1. The molecule has 0 bridgehead atoms. The number of hydrogen-bond acceptors (Lipinski definition) is 7. The number of benzene rings is 2. The first kappa shape index (κ1) is 30.6. The number of pyridine rings is 1. The monoisotopic (exact) mass is 571 g/mol. The number of nitrogens with one attached hydrogen (secondary N) is 1. The minimum Gasteiger partial charge on any atom is -0.410 e. The Morgan fingerprint density at radius 3 is 2.34 bits per heavy atom. The number of alkyl halides is 3. The van der Waals surface area contributed by atoms with Crippen molar-refractivity contribution in [2.75, 3.05) is 19.0 Å². The van der Waals surface area contributed by atoms with Crippen molar-refractivity contribution in [3.63, 3.8) is 0 Å². The third kappa shape index (κ3) is 7.39. The second kappa shape index (κ2) is 13.4. The predicted molar refractivity (Wildman–Crippen MR) is 143 cm³/mol. The van der Waals surface area contributed by atoms with E-state index in [0.717, 1.165) is 12.7 Å². The minimum absolute atomic E-state index is 0.102. The van der Waals surface area contributed by atoms with E-state index in [0.29, 0.717) is 11.1 Å². The van der Waals surface area contributed by atoms with Crippen LogP contribution in [0, 0.1) is 5.82 Å². The standard InChI is InChI=1S/C25H17F4N5O3.C3H8O/c1-34-10-9-20(32-34)16-11-17(19(26)12-18(16)25(27,28)29)24(36)31-23-15(14-5-3-2-4-6-14)7-8-21(30-23)22(13-35)33-37;1-3-4-2/h2-13,37H,1H3,(H,30,31,36);3H2,1-2H3/b33-22+;. The van der Waals surface area contributed by atoms with Gasteiger partial charge < -0.3 is 15.3 Å². The molecule has 0 aliphatic rings. The lowest BCUT2D eigenvalue weighted by Crippen LogP contribution is -2.18. The minimum atomic E-state index is -4.91. The smallest absolute Gasteiger partial charge is 0.410 e. The Balaban J connectivity index is 0.00000108. The highest BCUT2D eigenvalue weighted by Crippen LogP contribution is 2.38. The molecule has 9 nitrogen and oxygen atoms in total. The molecule has 0 fully saturated rings. The third-order valence-electron chi connectivity index (χ3n) is 5.63. The van der Waals surface area contributed by atoms with Crippen molar-refractivity contribution in [2.45, 2.75) is 13.1 Å². The summed E-state index contributed by atoms with van der Waals surface area (Å²) in [6, 6.07) is 13.8. The molecule has 4 rings (SSSR count). The van der Waals surface area contributed by atoms with Crippen LogP contribution in [-0.2, 0) is 22.8 Å². The van der Waals surface area contributed by atoms with Crippen molar-refractivity contribution in [2.24, 2.45) is 12.2 Å². The summed E-state index contributed by atoms with van der Waals surface area (Å²) in [6.45, 7) is 2.78. The van der Waals surface area contributed by atoms with Gasteiger partial charge >= 0.3 is 6.18 Å². The Labute approximate surface area is 232 Å². The van der Waals surface area contributed by atoms with Gasteiger partial charge in [0.05, 0.1) is 22.5 Å². The Morgan fingerprint density at radius 2 is 1.80 bits per heavy atom. The number of hydrogen-bond donors (Lipinski definition) is 2. The molecule has 0 spiro atoms. The summed E-state index contributed by atoms with van der Waals surface area (Å²) in [5.74, 6) is -2.65. The second-order valence-electron chi connectivity index (χ2n) is 8.34. The van der Waals surface area contributed by atoms with Gasteiger partial charge in [0.2, 0.25) is 0 Å². The lowest BCUT2D eigenvalue weighted by molar-refractivity contribution is -0.137. The van der Waals surface area contributed by atoms with E-state index in [1.165, 1.54) is 36.1 Å². The van der Waals surface area contributed by atoms with Crippen molar-refractivity contribution >= 4 is 23.7 Å². The van der Waals surface area contributed by atoms with Gasteiger partial charge in [0.25, 0.3) is 5.91 Å². The first-order valence-electron chi connectivity index (χ1n) is 12.0. The first-order valence-corrected chi connectivity index (χ1v) is 12.0. The molecule has 2 N–H and O–H groups in total. The number of aldehydes is 1. The van der Waals surface area contributed by atoms with Crippen LogP contribution in [0.3, 0.4) is 0 Å². The number of carbonyl (C=O) groups excluding carboxylic acids is 2. The summed E-state index contributed by atoms with van der Waals surface area (Å²) in [5, 5.41) is 18.3. The van der Waals surface area contributed by atoms with E-state index in [1.807, 2.05) is 6.92 Å². The van der Waals surface area contributed by atoms with Crippen LogP contribution >= 0.6 is 0 Å². The number of anilines is 1. The fourth-order valence-corrected chi connectivity index (χ4v) is 3.61. The molecular formula is C28H25F4N5O4. The average Bonchev–Trinajstić information content (AvgIpc) is 3.39. The van der Waals surface area contributed by atoms with Gasteiger partial charge in [0.1, 0.15) is 11.6 Å². The Kier molecular flexibility index (Phi) is 10.0. The number of oxime groups is 1. The summed E-state index contributed by atoms with van der Waals surface area (Å²) in [4.78, 5) is 28.5. The molecule has 2 aromatic heterocycles.